The lowest BCUT2D eigenvalue weighted by atomic mass is 9.95. The Bertz CT molecular complexity index is 4860. The number of nitrogens with one attached hydrogen (secondary N) is 2. The molecule has 8 aromatic rings. The number of ether oxygens (including phenoxy) is 2. The van der Waals surface area contributed by atoms with Crippen molar-refractivity contribution >= 4 is 105 Å². The number of aromatic nitrogens is 2. The lowest BCUT2D eigenvalue weighted by Gasteiger charge is -2.38. The molecule has 0 radical (unpaired) electrons. The second kappa shape index (κ2) is 29.2. The molecular formula is C70H56Cl2F6N12O10S2. The third-order valence-electron chi connectivity index (χ3n) is 18.0. The largest absolute Gasteiger partial charge is 0.478 e. The van der Waals surface area contributed by atoms with Gasteiger partial charge in [-0.25, -0.2) is 65.1 Å². The van der Waals surface area contributed by atoms with Crippen molar-refractivity contribution in [3.05, 3.63) is 232 Å². The van der Waals surface area contributed by atoms with Crippen LogP contribution in [0.3, 0.4) is 0 Å². The predicted molar refractivity (Wildman–Crippen MR) is 367 cm³/mol. The number of aliphatic imine (C=N–C) groups is 2. The highest BCUT2D eigenvalue weighted by molar-refractivity contribution is 7.12. The molecule has 22 nitrogen and oxygen atoms in total. The minimum absolute atomic E-state index is 0.0233. The standard InChI is InChI=1S/2C35H28ClF3N6O5S/c1-50-34(48)29-27(41-31(32-40-8-11-51-32)42-30(29)23-6-4-20(37)14-24(23)36)17-43-9-10-44-21(15-43)16-45(35(44)49)28-7-3-18(12-26(28)39)22-5-2-19(33(46)47)13-25(22)38;1-50-34(48)29-28(41-31(32-40-8-11-51-32)42-30(29)23-6-3-19(37)13-25(23)36)17-43-9-10-44-21(15-43)16-45(35(44)49)20-4-7-22(27(39)14-20)18-2-5-24(33(46)47)26(38)12-18/h2*2-8,11-14,21,30H,9-10,15-17H2,1H3,(H,41,42)(H,46,47)/t2*21-,30-/m00/s1. The number of halogens is 8. The van der Waals surface area contributed by atoms with Crippen molar-refractivity contribution in [3.8, 4) is 22.3 Å². The molecule has 32 heteroatoms. The van der Waals surface area contributed by atoms with Gasteiger partial charge in [0.25, 0.3) is 0 Å². The van der Waals surface area contributed by atoms with Crippen LogP contribution < -0.4 is 20.4 Å². The smallest absolute Gasteiger partial charge is 0.338 e. The Balaban J connectivity index is 0.000000182. The predicted octanol–water partition coefficient (Wildman–Crippen LogP) is 11.4. The zero-order chi connectivity index (χ0) is 71.9. The van der Waals surface area contributed by atoms with Gasteiger partial charge in [0.2, 0.25) is 0 Å². The zero-order valence-electron chi connectivity index (χ0n) is 53.6. The van der Waals surface area contributed by atoms with Crippen LogP contribution in [0.5, 0.6) is 0 Å². The number of amides is 4. The first-order valence-corrected chi connectivity index (χ1v) is 33.8. The average molecular weight is 1470 g/mol. The highest BCUT2D eigenvalue weighted by atomic mass is 35.5. The molecule has 6 aromatic carbocycles. The molecule has 0 spiro atoms. The van der Waals surface area contributed by atoms with Crippen LogP contribution in [0.1, 0.15) is 53.9 Å². The molecular weight excluding hydrogens is 1420 g/mol. The van der Waals surface area contributed by atoms with Gasteiger partial charge in [0.1, 0.15) is 47.0 Å². The summed E-state index contributed by atoms with van der Waals surface area (Å²) in [5, 5.41) is 29.7. The molecule has 0 saturated carbocycles. The van der Waals surface area contributed by atoms with E-state index in [0.717, 1.165) is 36.4 Å². The van der Waals surface area contributed by atoms with E-state index >= 15 is 8.78 Å². The van der Waals surface area contributed by atoms with Gasteiger partial charge in [0, 0.05) is 138 Å². The van der Waals surface area contributed by atoms with Crippen LogP contribution in [0.2, 0.25) is 10.0 Å². The molecule has 14 rings (SSSR count). The van der Waals surface area contributed by atoms with Gasteiger partial charge in [-0.3, -0.25) is 29.6 Å². The van der Waals surface area contributed by atoms with Crippen LogP contribution in [0.4, 0.5) is 47.3 Å². The molecule has 0 unspecified atom stereocenters. The molecule has 2 aromatic heterocycles. The number of carbonyl (C=O) groups excluding carboxylic acids is 4. The Kier molecular flexibility index (Phi) is 20.0. The summed E-state index contributed by atoms with van der Waals surface area (Å²) in [4.78, 5) is 105. The maximum Gasteiger partial charge on any atom is 0.338 e. The Morgan fingerprint density at radius 3 is 1.49 bits per heavy atom. The summed E-state index contributed by atoms with van der Waals surface area (Å²) in [6, 6.07) is 19.6. The van der Waals surface area contributed by atoms with Gasteiger partial charge in [-0.05, 0) is 90.0 Å². The number of piperazine rings is 2. The van der Waals surface area contributed by atoms with Crippen molar-refractivity contribution in [1.29, 1.82) is 0 Å². The fraction of sp³-hybridized carbons (Fsp3) is 0.229. The SMILES string of the molecule is COC(=O)C1=C(CN2CCN3C(=O)N(c4ccc(-c5ccc(C(=O)O)c(F)c5)c(F)c4)C[C@@H]3C2)NC(c2nccs2)=N[C@H]1c1ccc(F)cc1Cl.COC(=O)C1=C(CN2CCN3C(=O)N(c4ccc(-c5ccc(C(=O)O)cc5F)cc4F)C[C@@H]3C2)NC(c2nccs2)=N[C@H]1c1ccc(F)cc1Cl. The minimum atomic E-state index is -1.43. The summed E-state index contributed by atoms with van der Waals surface area (Å²) in [6.45, 7) is 3.24. The molecule has 524 valence electrons. The van der Waals surface area contributed by atoms with Crippen molar-refractivity contribution in [3.63, 3.8) is 0 Å². The number of carbonyl (C=O) groups is 6. The number of hydrogen-bond donors (Lipinski definition) is 4. The van der Waals surface area contributed by atoms with E-state index in [1.165, 1.54) is 113 Å². The number of carboxylic acid groups (broad SMARTS) is 2. The first-order valence-electron chi connectivity index (χ1n) is 31.3. The lowest BCUT2D eigenvalue weighted by Crippen LogP contribution is -2.53. The second-order valence-electron chi connectivity index (χ2n) is 24.1. The number of amidine groups is 2. The summed E-state index contributed by atoms with van der Waals surface area (Å²) >= 11 is 15.6. The highest BCUT2D eigenvalue weighted by Gasteiger charge is 2.45. The number of esters is 2. The quantitative estimate of drug-likeness (QED) is 0.0518. The van der Waals surface area contributed by atoms with Crippen molar-refractivity contribution in [2.75, 3.05) is 89.5 Å². The van der Waals surface area contributed by atoms with Crippen molar-refractivity contribution < 1.29 is 74.8 Å². The molecule has 4 amide bonds. The number of benzene rings is 6. The minimum Gasteiger partial charge on any atom is -0.478 e. The number of fused-ring (bicyclic) bond motifs is 2. The van der Waals surface area contributed by atoms with Gasteiger partial charge in [-0.2, -0.15) is 0 Å². The van der Waals surface area contributed by atoms with E-state index in [9.17, 15) is 46.3 Å². The third kappa shape index (κ3) is 14.0. The number of aromatic carboxylic acids is 2. The number of thiazole rings is 2. The van der Waals surface area contributed by atoms with Crippen molar-refractivity contribution in [2.24, 2.45) is 9.98 Å². The number of nitrogens with zero attached hydrogens (tertiary/aromatic N) is 10. The molecule has 6 aliphatic rings. The molecule has 0 bridgehead atoms. The maximum atomic E-state index is 15.6. The number of urea groups is 2. The van der Waals surface area contributed by atoms with Gasteiger partial charge in [-0.1, -0.05) is 53.5 Å². The van der Waals surface area contributed by atoms with Gasteiger partial charge in [-0.15, -0.1) is 22.7 Å². The van der Waals surface area contributed by atoms with Crippen LogP contribution in [0, 0.1) is 34.9 Å². The van der Waals surface area contributed by atoms with Crippen LogP contribution in [-0.4, -0.2) is 179 Å². The van der Waals surface area contributed by atoms with Gasteiger partial charge >= 0.3 is 35.9 Å². The first kappa shape index (κ1) is 70.0. The first-order chi connectivity index (χ1) is 49.0. The van der Waals surface area contributed by atoms with Crippen molar-refractivity contribution in [1.82, 2.24) is 40.2 Å². The third-order valence-corrected chi connectivity index (χ3v) is 20.2. The number of hydrogen-bond acceptors (Lipinski definition) is 18. The van der Waals surface area contributed by atoms with E-state index < -0.39 is 76.4 Å². The van der Waals surface area contributed by atoms with E-state index in [1.54, 1.807) is 39.0 Å². The summed E-state index contributed by atoms with van der Waals surface area (Å²) in [5.74, 6) is -7.52. The topological polar surface area (TPSA) is 255 Å². The highest BCUT2D eigenvalue weighted by Crippen LogP contribution is 2.41. The molecule has 4 saturated heterocycles. The average Bonchev–Trinajstić information content (AvgIpc) is 1.38. The van der Waals surface area contributed by atoms with E-state index in [2.05, 4.69) is 30.4 Å². The molecule has 6 aliphatic heterocycles. The van der Waals surface area contributed by atoms with Gasteiger partial charge < -0.3 is 40.1 Å². The monoisotopic (exact) mass is 1470 g/mol. The molecule has 4 fully saturated rings. The number of anilines is 2. The van der Waals surface area contributed by atoms with Gasteiger partial charge in [0.05, 0.1) is 54.3 Å². The summed E-state index contributed by atoms with van der Waals surface area (Å²) in [5.41, 5.74) is 2.20. The molecule has 4 N–H and O–H groups in total. The number of carboxylic acids is 2. The summed E-state index contributed by atoms with van der Waals surface area (Å²) in [6.07, 6.45) is 3.25. The Labute approximate surface area is 594 Å². The normalized spacial score (nSPS) is 19.2. The molecule has 8 heterocycles. The van der Waals surface area contributed by atoms with Crippen LogP contribution in [0.15, 0.2) is 165 Å². The molecule has 4 atom stereocenters. The fourth-order valence-electron chi connectivity index (χ4n) is 13.2. The Morgan fingerprint density at radius 2 is 1.04 bits per heavy atom. The number of rotatable bonds is 16. The second-order valence-corrected chi connectivity index (χ2v) is 26.7. The lowest BCUT2D eigenvalue weighted by molar-refractivity contribution is -0.137. The fourth-order valence-corrected chi connectivity index (χ4v) is 14.9. The van der Waals surface area contributed by atoms with Crippen LogP contribution >= 0.6 is 45.9 Å². The molecule has 0 aliphatic carbocycles. The maximum absolute atomic E-state index is 15.6. The summed E-state index contributed by atoms with van der Waals surface area (Å²) < 4.78 is 98.3. The number of methoxy groups -OCH3 is 2. The van der Waals surface area contributed by atoms with Crippen molar-refractivity contribution in [2.45, 2.75) is 24.2 Å². The van der Waals surface area contributed by atoms with E-state index in [4.69, 9.17) is 52.9 Å². The van der Waals surface area contributed by atoms with E-state index in [0.29, 0.717) is 89.2 Å². The molecule has 102 heavy (non-hydrogen) atoms. The summed E-state index contributed by atoms with van der Waals surface area (Å²) in [7, 11) is 2.52. The van der Waals surface area contributed by atoms with E-state index in [1.807, 2.05) is 0 Å². The van der Waals surface area contributed by atoms with Crippen LogP contribution in [-0.2, 0) is 19.1 Å². The Hall–Kier alpha value is -10.5. The van der Waals surface area contributed by atoms with Gasteiger partial charge in [0.15, 0.2) is 21.7 Å². The van der Waals surface area contributed by atoms with E-state index in [-0.39, 0.29) is 105 Å². The van der Waals surface area contributed by atoms with Crippen LogP contribution in [0.25, 0.3) is 22.3 Å². The Morgan fingerprint density at radius 1 is 0.549 bits per heavy atom. The zero-order valence-corrected chi connectivity index (χ0v) is 56.7.